The van der Waals surface area contributed by atoms with Gasteiger partial charge in [0.1, 0.15) is 0 Å². The van der Waals surface area contributed by atoms with Gasteiger partial charge in [0.05, 0.1) is 6.67 Å². The van der Waals surface area contributed by atoms with Crippen molar-refractivity contribution < 1.29 is 0 Å². The lowest BCUT2D eigenvalue weighted by atomic mass is 10.1. The molecule has 106 valence electrons. The number of rotatable bonds is 4. The van der Waals surface area contributed by atoms with Gasteiger partial charge < -0.3 is 4.57 Å². The lowest BCUT2D eigenvalue weighted by Gasteiger charge is -2.11. The second kappa shape index (κ2) is 5.98. The van der Waals surface area contributed by atoms with E-state index in [0.717, 1.165) is 6.67 Å². The molecule has 0 saturated carbocycles. The van der Waals surface area contributed by atoms with Gasteiger partial charge in [0.2, 0.25) is 0 Å². The van der Waals surface area contributed by atoms with Crippen molar-refractivity contribution in [3.8, 4) is 0 Å². The standard InChI is InChI=1S/C19H20N2/c1-20(2)15-21-14-17(18-10-6-7-11-19(18)21)13-12-16-8-4-3-5-9-16/h3-14H,15H2,1-2H3/b13-12+. The van der Waals surface area contributed by atoms with Crippen molar-refractivity contribution in [1.82, 2.24) is 9.47 Å². The first kappa shape index (κ1) is 13.7. The number of benzene rings is 2. The van der Waals surface area contributed by atoms with Crippen LogP contribution < -0.4 is 0 Å². The molecule has 0 saturated heterocycles. The lowest BCUT2D eigenvalue weighted by Crippen LogP contribution is -2.15. The fraction of sp³-hybridized carbons (Fsp3) is 0.158. The van der Waals surface area contributed by atoms with E-state index in [2.05, 4.69) is 90.4 Å². The average molecular weight is 276 g/mol. The Bertz CT molecular complexity index is 752. The van der Waals surface area contributed by atoms with E-state index in [9.17, 15) is 0 Å². The second-order valence-corrected chi connectivity index (χ2v) is 5.54. The molecule has 0 unspecified atom stereocenters. The predicted octanol–water partition coefficient (Wildman–Crippen LogP) is 4.33. The summed E-state index contributed by atoms with van der Waals surface area (Å²) in [5, 5.41) is 1.30. The SMILES string of the molecule is CN(C)Cn1cc(/C=C/c2ccccc2)c2ccccc21. The lowest BCUT2D eigenvalue weighted by molar-refractivity contribution is 0.332. The zero-order valence-electron chi connectivity index (χ0n) is 12.5. The normalized spacial score (nSPS) is 11.8. The molecule has 1 aromatic heterocycles. The van der Waals surface area contributed by atoms with Crippen molar-refractivity contribution in [3.05, 3.63) is 71.9 Å². The summed E-state index contributed by atoms with van der Waals surface area (Å²) in [4.78, 5) is 2.18. The maximum atomic E-state index is 2.29. The minimum atomic E-state index is 0.889. The molecule has 3 rings (SSSR count). The summed E-state index contributed by atoms with van der Waals surface area (Å²) in [7, 11) is 4.18. The van der Waals surface area contributed by atoms with Crippen LogP contribution in [0.4, 0.5) is 0 Å². The van der Waals surface area contributed by atoms with E-state index in [1.807, 2.05) is 6.07 Å². The number of hydrogen-bond donors (Lipinski definition) is 0. The first-order valence-electron chi connectivity index (χ1n) is 7.20. The highest BCUT2D eigenvalue weighted by molar-refractivity contribution is 5.92. The van der Waals surface area contributed by atoms with Crippen LogP contribution in [0.5, 0.6) is 0 Å². The topological polar surface area (TPSA) is 8.17 Å². The Morgan fingerprint density at radius 1 is 0.905 bits per heavy atom. The van der Waals surface area contributed by atoms with Crippen molar-refractivity contribution >= 4 is 23.1 Å². The van der Waals surface area contributed by atoms with E-state index >= 15 is 0 Å². The minimum absolute atomic E-state index is 0.889. The summed E-state index contributed by atoms with van der Waals surface area (Å²) in [6.07, 6.45) is 6.59. The molecule has 0 fully saturated rings. The highest BCUT2D eigenvalue weighted by Gasteiger charge is 2.06. The van der Waals surface area contributed by atoms with Gasteiger partial charge in [0.25, 0.3) is 0 Å². The van der Waals surface area contributed by atoms with Crippen LogP contribution in [-0.2, 0) is 6.67 Å². The second-order valence-electron chi connectivity index (χ2n) is 5.54. The maximum Gasteiger partial charge on any atom is 0.0746 e. The van der Waals surface area contributed by atoms with Crippen LogP contribution in [0.25, 0.3) is 23.1 Å². The summed E-state index contributed by atoms with van der Waals surface area (Å²) in [5.74, 6) is 0. The van der Waals surface area contributed by atoms with Crippen LogP contribution in [0.2, 0.25) is 0 Å². The largest absolute Gasteiger partial charge is 0.333 e. The van der Waals surface area contributed by atoms with Gasteiger partial charge in [0, 0.05) is 22.7 Å². The Balaban J connectivity index is 2.00. The van der Waals surface area contributed by atoms with Gasteiger partial charge in [-0.05, 0) is 25.7 Å². The van der Waals surface area contributed by atoms with Gasteiger partial charge in [-0.2, -0.15) is 0 Å². The number of para-hydroxylation sites is 1. The molecule has 0 aliphatic heterocycles. The quantitative estimate of drug-likeness (QED) is 0.688. The Morgan fingerprint density at radius 2 is 1.62 bits per heavy atom. The Hall–Kier alpha value is -2.32. The molecule has 1 heterocycles. The van der Waals surface area contributed by atoms with Crippen LogP contribution in [0.1, 0.15) is 11.1 Å². The molecule has 2 aromatic carbocycles. The van der Waals surface area contributed by atoms with E-state index in [4.69, 9.17) is 0 Å². The van der Waals surface area contributed by atoms with Crippen molar-refractivity contribution in [2.45, 2.75) is 6.67 Å². The molecule has 0 atom stereocenters. The van der Waals surface area contributed by atoms with Gasteiger partial charge >= 0.3 is 0 Å². The zero-order chi connectivity index (χ0) is 14.7. The van der Waals surface area contributed by atoms with E-state index < -0.39 is 0 Å². The van der Waals surface area contributed by atoms with E-state index in [1.165, 1.54) is 22.0 Å². The first-order chi connectivity index (χ1) is 10.2. The molecule has 3 aromatic rings. The van der Waals surface area contributed by atoms with Crippen LogP contribution in [0, 0.1) is 0 Å². The third-order valence-corrected chi connectivity index (χ3v) is 3.51. The molecular formula is C19H20N2. The Kier molecular flexibility index (Phi) is 3.89. The minimum Gasteiger partial charge on any atom is -0.333 e. The molecule has 2 nitrogen and oxygen atoms in total. The maximum absolute atomic E-state index is 2.29. The fourth-order valence-corrected chi connectivity index (χ4v) is 2.58. The summed E-state index contributed by atoms with van der Waals surface area (Å²) < 4.78 is 2.29. The van der Waals surface area contributed by atoms with Crippen molar-refractivity contribution in [2.75, 3.05) is 14.1 Å². The van der Waals surface area contributed by atoms with Gasteiger partial charge in [-0.25, -0.2) is 0 Å². The van der Waals surface area contributed by atoms with Gasteiger partial charge in [-0.15, -0.1) is 0 Å². The zero-order valence-corrected chi connectivity index (χ0v) is 12.5. The number of hydrogen-bond acceptors (Lipinski definition) is 1. The van der Waals surface area contributed by atoms with Crippen molar-refractivity contribution in [2.24, 2.45) is 0 Å². The van der Waals surface area contributed by atoms with E-state index in [1.54, 1.807) is 0 Å². The summed E-state index contributed by atoms with van der Waals surface area (Å²) in [6.45, 7) is 0.889. The molecule has 2 heteroatoms. The monoisotopic (exact) mass is 276 g/mol. The molecule has 0 amide bonds. The van der Waals surface area contributed by atoms with E-state index in [-0.39, 0.29) is 0 Å². The predicted molar refractivity (Wildman–Crippen MR) is 91.0 cm³/mol. The van der Waals surface area contributed by atoms with Crippen LogP contribution in [0.15, 0.2) is 60.8 Å². The van der Waals surface area contributed by atoms with Crippen LogP contribution in [-0.4, -0.2) is 23.6 Å². The number of aromatic nitrogens is 1. The molecule has 0 aliphatic carbocycles. The smallest absolute Gasteiger partial charge is 0.0746 e. The van der Waals surface area contributed by atoms with Crippen LogP contribution in [0.3, 0.4) is 0 Å². The van der Waals surface area contributed by atoms with Gasteiger partial charge in [0.15, 0.2) is 0 Å². The first-order valence-corrected chi connectivity index (χ1v) is 7.20. The molecule has 0 bridgehead atoms. The molecular weight excluding hydrogens is 256 g/mol. The molecule has 21 heavy (non-hydrogen) atoms. The number of nitrogens with zero attached hydrogens (tertiary/aromatic N) is 2. The Morgan fingerprint density at radius 3 is 2.38 bits per heavy atom. The Labute approximate surface area is 125 Å². The summed E-state index contributed by atoms with van der Waals surface area (Å²) in [6, 6.07) is 19.0. The highest BCUT2D eigenvalue weighted by atomic mass is 15.2. The van der Waals surface area contributed by atoms with Gasteiger partial charge in [-0.3, -0.25) is 4.90 Å². The average Bonchev–Trinajstić information content (AvgIpc) is 2.84. The third-order valence-electron chi connectivity index (χ3n) is 3.51. The molecule has 0 N–H and O–H groups in total. The summed E-state index contributed by atoms with van der Waals surface area (Å²) in [5.41, 5.74) is 3.76. The number of fused-ring (bicyclic) bond motifs is 1. The van der Waals surface area contributed by atoms with Gasteiger partial charge in [-0.1, -0.05) is 60.7 Å². The van der Waals surface area contributed by atoms with Crippen LogP contribution >= 0.6 is 0 Å². The van der Waals surface area contributed by atoms with E-state index in [0.29, 0.717) is 0 Å². The molecule has 0 spiro atoms. The summed E-state index contributed by atoms with van der Waals surface area (Å²) >= 11 is 0. The third kappa shape index (κ3) is 3.06. The van der Waals surface area contributed by atoms with Crippen molar-refractivity contribution in [1.29, 1.82) is 0 Å². The fourth-order valence-electron chi connectivity index (χ4n) is 2.58. The molecule has 0 radical (unpaired) electrons. The highest BCUT2D eigenvalue weighted by Crippen LogP contribution is 2.23. The molecule has 0 aliphatic rings. The van der Waals surface area contributed by atoms with Crippen molar-refractivity contribution in [3.63, 3.8) is 0 Å².